The average Bonchev–Trinajstić information content (AvgIpc) is 2.60. The van der Waals surface area contributed by atoms with Crippen LogP contribution in [0.25, 0.3) is 0 Å². The molecule has 134 valence electrons. The number of nitrogens with one attached hydrogen (secondary N) is 2. The Morgan fingerprint density at radius 1 is 1.04 bits per heavy atom. The second-order valence-electron chi connectivity index (χ2n) is 5.71. The number of anilines is 3. The molecule has 0 spiro atoms. The Bertz CT molecular complexity index is 896. The topological polar surface area (TPSA) is 62.7 Å². The molecule has 0 atom stereocenters. The Morgan fingerprint density at radius 3 is 2.62 bits per heavy atom. The second kappa shape index (κ2) is 7.38. The van der Waals surface area contributed by atoms with Crippen molar-refractivity contribution in [1.29, 1.82) is 0 Å². The number of rotatable bonds is 5. The molecule has 0 unspecified atom stereocenters. The third-order valence-corrected chi connectivity index (χ3v) is 3.56. The summed E-state index contributed by atoms with van der Waals surface area (Å²) in [6.45, 7) is 2.55. The molecular weight excluding hydrogens is 343 g/mol. The van der Waals surface area contributed by atoms with E-state index < -0.39 is 11.7 Å². The highest BCUT2D eigenvalue weighted by atomic mass is 19.4. The summed E-state index contributed by atoms with van der Waals surface area (Å²) in [5.41, 5.74) is 1.72. The normalized spacial score (nSPS) is 11.2. The molecule has 0 aliphatic rings. The summed E-state index contributed by atoms with van der Waals surface area (Å²) in [4.78, 5) is 4.22. The quantitative estimate of drug-likeness (QED) is 0.699. The van der Waals surface area contributed by atoms with Crippen molar-refractivity contribution in [3.8, 4) is 0 Å². The summed E-state index contributed by atoms with van der Waals surface area (Å²) in [6.07, 6.45) is -2.96. The molecule has 5 nitrogen and oxygen atoms in total. The van der Waals surface area contributed by atoms with Crippen LogP contribution < -0.4 is 10.6 Å². The van der Waals surface area contributed by atoms with E-state index in [1.54, 1.807) is 0 Å². The largest absolute Gasteiger partial charge is 0.416 e. The lowest BCUT2D eigenvalue weighted by Crippen LogP contribution is -2.07. The smallest absolute Gasteiger partial charge is 0.365 e. The summed E-state index contributed by atoms with van der Waals surface area (Å²) in [7, 11) is 0. The first kappa shape index (κ1) is 17.7. The van der Waals surface area contributed by atoms with Gasteiger partial charge in [0.1, 0.15) is 0 Å². The molecule has 1 aromatic heterocycles. The van der Waals surface area contributed by atoms with Gasteiger partial charge in [0.05, 0.1) is 11.8 Å². The van der Waals surface area contributed by atoms with Gasteiger partial charge in [-0.1, -0.05) is 35.9 Å². The highest BCUT2D eigenvalue weighted by Gasteiger charge is 2.30. The van der Waals surface area contributed by atoms with Gasteiger partial charge in [0.25, 0.3) is 0 Å². The zero-order valence-corrected chi connectivity index (χ0v) is 13.9. The minimum atomic E-state index is -4.41. The molecule has 3 aromatic rings. The van der Waals surface area contributed by atoms with Crippen molar-refractivity contribution in [2.75, 3.05) is 10.6 Å². The van der Waals surface area contributed by atoms with E-state index in [1.165, 1.54) is 18.3 Å². The van der Waals surface area contributed by atoms with Gasteiger partial charge >= 0.3 is 6.18 Å². The minimum Gasteiger partial charge on any atom is -0.365 e. The van der Waals surface area contributed by atoms with Crippen molar-refractivity contribution < 1.29 is 13.2 Å². The fraction of sp³-hybridized carbons (Fsp3) is 0.167. The van der Waals surface area contributed by atoms with Crippen LogP contribution in [0.4, 0.5) is 30.6 Å². The van der Waals surface area contributed by atoms with Crippen molar-refractivity contribution in [2.24, 2.45) is 0 Å². The van der Waals surface area contributed by atoms with Gasteiger partial charge in [0, 0.05) is 12.2 Å². The summed E-state index contributed by atoms with van der Waals surface area (Å²) in [6, 6.07) is 12.8. The number of alkyl halides is 3. The van der Waals surface area contributed by atoms with Crippen LogP contribution >= 0.6 is 0 Å². The maximum Gasteiger partial charge on any atom is 0.416 e. The number of hydrogen-bond acceptors (Lipinski definition) is 5. The van der Waals surface area contributed by atoms with E-state index in [0.29, 0.717) is 12.4 Å². The zero-order chi connectivity index (χ0) is 18.6. The summed E-state index contributed by atoms with van der Waals surface area (Å²) < 4.78 is 38.3. The first-order valence-electron chi connectivity index (χ1n) is 7.83. The van der Waals surface area contributed by atoms with Gasteiger partial charge in [-0.15, -0.1) is 5.10 Å². The van der Waals surface area contributed by atoms with E-state index in [4.69, 9.17) is 0 Å². The van der Waals surface area contributed by atoms with Gasteiger partial charge in [-0.25, -0.2) is 0 Å². The zero-order valence-electron chi connectivity index (χ0n) is 13.9. The van der Waals surface area contributed by atoms with Crippen LogP contribution in [0.1, 0.15) is 16.7 Å². The predicted octanol–water partition coefficient (Wildman–Crippen LogP) is 4.55. The van der Waals surface area contributed by atoms with Crippen LogP contribution in [0, 0.1) is 6.92 Å². The molecule has 0 radical (unpaired) electrons. The Morgan fingerprint density at radius 2 is 1.85 bits per heavy atom. The van der Waals surface area contributed by atoms with E-state index in [-0.39, 0.29) is 11.6 Å². The fourth-order valence-electron chi connectivity index (χ4n) is 2.36. The molecule has 0 aliphatic heterocycles. The highest BCUT2D eigenvalue weighted by molar-refractivity contribution is 5.55. The second-order valence-corrected chi connectivity index (χ2v) is 5.71. The lowest BCUT2D eigenvalue weighted by Gasteiger charge is -2.10. The highest BCUT2D eigenvalue weighted by Crippen LogP contribution is 2.31. The minimum absolute atomic E-state index is 0.110. The number of halogens is 3. The van der Waals surface area contributed by atoms with E-state index in [2.05, 4.69) is 25.8 Å². The monoisotopic (exact) mass is 359 g/mol. The lowest BCUT2D eigenvalue weighted by molar-refractivity contribution is -0.137. The third kappa shape index (κ3) is 4.69. The van der Waals surface area contributed by atoms with E-state index in [0.717, 1.165) is 23.3 Å². The Hall–Kier alpha value is -3.16. The molecule has 0 saturated heterocycles. The molecule has 0 amide bonds. The van der Waals surface area contributed by atoms with E-state index >= 15 is 0 Å². The number of nitrogens with zero attached hydrogens (tertiary/aromatic N) is 3. The number of aromatic nitrogens is 3. The Labute approximate surface area is 148 Å². The molecule has 3 rings (SSSR count). The van der Waals surface area contributed by atoms with Crippen LogP contribution in [0.3, 0.4) is 0 Å². The molecule has 0 bridgehead atoms. The van der Waals surface area contributed by atoms with Crippen LogP contribution in [-0.2, 0) is 12.7 Å². The number of hydrogen-bond donors (Lipinski definition) is 2. The standard InChI is InChI=1S/C18H16F3N5/c1-12-4-2-5-13(8-12)10-22-16-11-23-26-17(25-16)24-15-7-3-6-14(9-15)18(19,20)21/h2-9,11H,10H2,1H3,(H2,22,24,25,26). The van der Waals surface area contributed by atoms with Crippen LogP contribution in [0.2, 0.25) is 0 Å². The molecule has 2 N–H and O–H groups in total. The van der Waals surface area contributed by atoms with E-state index in [9.17, 15) is 13.2 Å². The number of benzene rings is 2. The fourth-order valence-corrected chi connectivity index (χ4v) is 2.36. The molecule has 2 aromatic carbocycles. The first-order chi connectivity index (χ1) is 12.4. The third-order valence-electron chi connectivity index (χ3n) is 3.56. The molecule has 26 heavy (non-hydrogen) atoms. The van der Waals surface area contributed by atoms with Gasteiger partial charge < -0.3 is 10.6 Å². The van der Waals surface area contributed by atoms with Gasteiger partial charge in [-0.05, 0) is 30.7 Å². The van der Waals surface area contributed by atoms with Crippen LogP contribution in [0.15, 0.2) is 54.7 Å². The lowest BCUT2D eigenvalue weighted by atomic mass is 10.1. The molecule has 0 fully saturated rings. The molecular formula is C18H16F3N5. The van der Waals surface area contributed by atoms with Crippen molar-refractivity contribution in [2.45, 2.75) is 19.6 Å². The van der Waals surface area contributed by atoms with Gasteiger partial charge in [-0.3, -0.25) is 0 Å². The van der Waals surface area contributed by atoms with Gasteiger partial charge in [0.2, 0.25) is 5.95 Å². The van der Waals surface area contributed by atoms with Gasteiger partial charge in [0.15, 0.2) is 5.82 Å². The van der Waals surface area contributed by atoms with Crippen LogP contribution in [0.5, 0.6) is 0 Å². The van der Waals surface area contributed by atoms with Crippen molar-refractivity contribution in [1.82, 2.24) is 15.2 Å². The molecule has 1 heterocycles. The van der Waals surface area contributed by atoms with Crippen molar-refractivity contribution in [3.63, 3.8) is 0 Å². The maximum atomic E-state index is 12.8. The first-order valence-corrected chi connectivity index (χ1v) is 7.83. The SMILES string of the molecule is Cc1cccc(CNc2cnnc(Nc3cccc(C(F)(F)F)c3)n2)c1. The van der Waals surface area contributed by atoms with Crippen molar-refractivity contribution >= 4 is 17.5 Å². The van der Waals surface area contributed by atoms with Gasteiger partial charge in [-0.2, -0.15) is 23.3 Å². The van der Waals surface area contributed by atoms with Crippen LogP contribution in [-0.4, -0.2) is 15.2 Å². The molecule has 0 saturated carbocycles. The summed E-state index contributed by atoms with van der Waals surface area (Å²) >= 11 is 0. The summed E-state index contributed by atoms with van der Waals surface area (Å²) in [5, 5.41) is 13.5. The number of aryl methyl sites for hydroxylation is 1. The summed E-state index contributed by atoms with van der Waals surface area (Å²) in [5.74, 6) is 0.578. The Balaban J connectivity index is 1.69. The van der Waals surface area contributed by atoms with E-state index in [1.807, 2.05) is 31.2 Å². The molecule has 0 aliphatic carbocycles. The predicted molar refractivity (Wildman–Crippen MR) is 93.1 cm³/mol. The van der Waals surface area contributed by atoms with Crippen molar-refractivity contribution in [3.05, 3.63) is 71.4 Å². The maximum absolute atomic E-state index is 12.8. The average molecular weight is 359 g/mol. The molecule has 8 heteroatoms. The Kier molecular flexibility index (Phi) is 5.01.